The molecule has 106 valence electrons. The fourth-order valence-corrected chi connectivity index (χ4v) is 2.61. The quantitative estimate of drug-likeness (QED) is 0.854. The van der Waals surface area contributed by atoms with Crippen LogP contribution in [0.4, 0.5) is 11.4 Å². The van der Waals surface area contributed by atoms with Crippen LogP contribution in [-0.4, -0.2) is 10.9 Å². The Morgan fingerprint density at radius 1 is 1.40 bits per heavy atom. The van der Waals surface area contributed by atoms with Gasteiger partial charge in [-0.3, -0.25) is 4.79 Å². The van der Waals surface area contributed by atoms with Crippen LogP contribution in [0, 0.1) is 0 Å². The van der Waals surface area contributed by atoms with E-state index in [-0.39, 0.29) is 5.91 Å². The van der Waals surface area contributed by atoms with Crippen LogP contribution in [0.3, 0.4) is 0 Å². The van der Waals surface area contributed by atoms with Gasteiger partial charge in [0, 0.05) is 12.1 Å². The van der Waals surface area contributed by atoms with Gasteiger partial charge in [0.25, 0.3) is 0 Å². The van der Waals surface area contributed by atoms with Crippen molar-refractivity contribution in [3.63, 3.8) is 0 Å². The van der Waals surface area contributed by atoms with E-state index in [0.717, 1.165) is 10.7 Å². The highest BCUT2D eigenvalue weighted by Crippen LogP contribution is 2.27. The second-order valence-corrected chi connectivity index (χ2v) is 6.16. The first-order valence-corrected chi connectivity index (χ1v) is 7.59. The summed E-state index contributed by atoms with van der Waals surface area (Å²) in [5, 5.41) is 7.42. The third-order valence-electron chi connectivity index (χ3n) is 2.53. The topological polar surface area (TPSA) is 54.0 Å². The Morgan fingerprint density at radius 3 is 2.85 bits per heavy atom. The number of anilines is 2. The molecule has 0 unspecified atom stereocenters. The third-order valence-corrected chi connectivity index (χ3v) is 3.97. The lowest BCUT2D eigenvalue weighted by atomic mass is 10.2. The Labute approximate surface area is 131 Å². The molecule has 1 aromatic carbocycles. The Kier molecular flexibility index (Phi) is 5.23. The van der Waals surface area contributed by atoms with Gasteiger partial charge >= 0.3 is 0 Å². The van der Waals surface area contributed by atoms with E-state index in [4.69, 9.17) is 23.2 Å². The maximum atomic E-state index is 11.4. The largest absolute Gasteiger partial charge is 0.377 e. The smallest absolute Gasteiger partial charge is 0.224 e. The molecule has 1 amide bonds. The summed E-state index contributed by atoms with van der Waals surface area (Å²) in [5.41, 5.74) is 1.45. The average molecular weight is 330 g/mol. The molecule has 0 aliphatic carbocycles. The van der Waals surface area contributed by atoms with Crippen LogP contribution in [0.2, 0.25) is 9.36 Å². The fraction of sp³-hybridized carbons (Fsp3) is 0.231. The van der Waals surface area contributed by atoms with Crippen LogP contribution in [0.1, 0.15) is 18.4 Å². The summed E-state index contributed by atoms with van der Waals surface area (Å²) in [4.78, 5) is 15.5. The molecule has 1 heterocycles. The number of carbonyl (C=O) groups excluding carboxylic acids is 1. The zero-order chi connectivity index (χ0) is 14.5. The van der Waals surface area contributed by atoms with Crippen molar-refractivity contribution in [1.82, 2.24) is 4.98 Å². The molecule has 0 spiro atoms. The zero-order valence-corrected chi connectivity index (χ0v) is 13.1. The number of rotatable bonds is 5. The van der Waals surface area contributed by atoms with E-state index < -0.39 is 0 Å². The standard InChI is InChI=1S/C13H13Cl2N3OS/c1-2-12(19)18-8-3-4-9(14)10(5-8)16-7-13-17-6-11(15)20-13/h3-6,16H,2,7H2,1H3,(H,18,19). The van der Waals surface area contributed by atoms with Crippen molar-refractivity contribution in [3.8, 4) is 0 Å². The average Bonchev–Trinajstić information content (AvgIpc) is 2.85. The van der Waals surface area contributed by atoms with Crippen molar-refractivity contribution in [2.75, 3.05) is 10.6 Å². The molecular weight excluding hydrogens is 317 g/mol. The van der Waals surface area contributed by atoms with Gasteiger partial charge in [0.2, 0.25) is 5.91 Å². The molecule has 0 aliphatic heterocycles. The van der Waals surface area contributed by atoms with Crippen molar-refractivity contribution in [3.05, 3.63) is 38.8 Å². The highest BCUT2D eigenvalue weighted by Gasteiger charge is 2.06. The van der Waals surface area contributed by atoms with Gasteiger partial charge in [-0.2, -0.15) is 0 Å². The summed E-state index contributed by atoms with van der Waals surface area (Å²) in [7, 11) is 0. The summed E-state index contributed by atoms with van der Waals surface area (Å²) in [5.74, 6) is -0.0371. The molecule has 4 nitrogen and oxygen atoms in total. The number of nitrogens with zero attached hydrogens (tertiary/aromatic N) is 1. The van der Waals surface area contributed by atoms with Gasteiger partial charge in [0.15, 0.2) is 0 Å². The molecule has 20 heavy (non-hydrogen) atoms. The van der Waals surface area contributed by atoms with Crippen LogP contribution >= 0.6 is 34.5 Å². The lowest BCUT2D eigenvalue weighted by Crippen LogP contribution is -2.09. The molecule has 2 rings (SSSR count). The van der Waals surface area contributed by atoms with Crippen LogP contribution in [0.25, 0.3) is 0 Å². The van der Waals surface area contributed by atoms with Crippen molar-refractivity contribution in [2.24, 2.45) is 0 Å². The minimum absolute atomic E-state index is 0.0371. The number of hydrogen-bond donors (Lipinski definition) is 2. The first-order valence-electron chi connectivity index (χ1n) is 6.02. The summed E-state index contributed by atoms with van der Waals surface area (Å²) in [6, 6.07) is 5.30. The van der Waals surface area contributed by atoms with Crippen molar-refractivity contribution in [2.45, 2.75) is 19.9 Å². The highest BCUT2D eigenvalue weighted by atomic mass is 35.5. The van der Waals surface area contributed by atoms with Crippen LogP contribution in [0.5, 0.6) is 0 Å². The number of hydrogen-bond acceptors (Lipinski definition) is 4. The minimum atomic E-state index is -0.0371. The van der Waals surface area contributed by atoms with Gasteiger partial charge < -0.3 is 10.6 Å². The second kappa shape index (κ2) is 6.92. The van der Waals surface area contributed by atoms with Gasteiger partial charge in [0.05, 0.1) is 23.5 Å². The van der Waals surface area contributed by atoms with Crippen LogP contribution in [-0.2, 0) is 11.3 Å². The van der Waals surface area contributed by atoms with E-state index in [2.05, 4.69) is 15.6 Å². The highest BCUT2D eigenvalue weighted by molar-refractivity contribution is 7.15. The Hall–Kier alpha value is -1.30. The lowest BCUT2D eigenvalue weighted by Gasteiger charge is -2.10. The second-order valence-electron chi connectivity index (χ2n) is 4.01. The molecule has 0 fully saturated rings. The van der Waals surface area contributed by atoms with Crippen LogP contribution in [0.15, 0.2) is 24.4 Å². The molecule has 0 bridgehead atoms. The third kappa shape index (κ3) is 4.10. The van der Waals surface area contributed by atoms with Crippen molar-refractivity contribution in [1.29, 1.82) is 0 Å². The van der Waals surface area contributed by atoms with E-state index in [1.807, 2.05) is 0 Å². The van der Waals surface area contributed by atoms with E-state index in [0.29, 0.717) is 28.0 Å². The number of carbonyl (C=O) groups is 1. The SMILES string of the molecule is CCC(=O)Nc1ccc(Cl)c(NCc2ncc(Cl)s2)c1. The maximum Gasteiger partial charge on any atom is 0.224 e. The monoisotopic (exact) mass is 329 g/mol. The first-order chi connectivity index (χ1) is 9.58. The molecule has 0 saturated carbocycles. The van der Waals surface area contributed by atoms with Gasteiger partial charge in [-0.05, 0) is 18.2 Å². The zero-order valence-electron chi connectivity index (χ0n) is 10.7. The van der Waals surface area contributed by atoms with Crippen molar-refractivity contribution < 1.29 is 4.79 Å². The number of benzene rings is 1. The molecule has 2 N–H and O–H groups in total. The number of aromatic nitrogens is 1. The number of thiazole rings is 1. The van der Waals surface area contributed by atoms with Gasteiger partial charge in [-0.25, -0.2) is 4.98 Å². The first kappa shape index (κ1) is 15.1. The molecule has 1 aromatic heterocycles. The van der Waals surface area contributed by atoms with E-state index in [9.17, 15) is 4.79 Å². The Morgan fingerprint density at radius 2 is 2.20 bits per heavy atom. The molecule has 0 saturated heterocycles. The van der Waals surface area contributed by atoms with Crippen LogP contribution < -0.4 is 10.6 Å². The molecule has 7 heteroatoms. The van der Waals surface area contributed by atoms with Gasteiger partial charge in [-0.15, -0.1) is 11.3 Å². The Bertz CT molecular complexity index is 615. The van der Waals surface area contributed by atoms with Gasteiger partial charge in [0.1, 0.15) is 9.34 Å². The van der Waals surface area contributed by atoms with E-state index in [1.54, 1.807) is 31.3 Å². The number of halogens is 2. The molecule has 0 aliphatic rings. The maximum absolute atomic E-state index is 11.4. The van der Waals surface area contributed by atoms with E-state index >= 15 is 0 Å². The minimum Gasteiger partial charge on any atom is -0.377 e. The summed E-state index contributed by atoms with van der Waals surface area (Å²) >= 11 is 13.4. The fourth-order valence-electron chi connectivity index (χ4n) is 1.53. The molecular formula is C13H13Cl2N3OS. The number of nitrogens with one attached hydrogen (secondary N) is 2. The summed E-state index contributed by atoms with van der Waals surface area (Å²) < 4.78 is 0.650. The van der Waals surface area contributed by atoms with E-state index in [1.165, 1.54) is 11.3 Å². The van der Waals surface area contributed by atoms with Crippen molar-refractivity contribution >= 4 is 51.8 Å². The summed E-state index contributed by atoms with van der Waals surface area (Å²) in [6.45, 7) is 2.33. The predicted octanol–water partition coefficient (Wildman–Crippen LogP) is 4.41. The molecule has 0 radical (unpaired) electrons. The predicted molar refractivity (Wildman–Crippen MR) is 84.8 cm³/mol. The lowest BCUT2D eigenvalue weighted by molar-refractivity contribution is -0.115. The molecule has 2 aromatic rings. The van der Waals surface area contributed by atoms with Gasteiger partial charge in [-0.1, -0.05) is 30.1 Å². The Balaban J connectivity index is 2.06. The molecule has 0 atom stereocenters. The summed E-state index contributed by atoms with van der Waals surface area (Å²) in [6.07, 6.45) is 2.05. The number of amides is 1. The normalized spacial score (nSPS) is 10.3.